The van der Waals surface area contributed by atoms with Gasteiger partial charge in [0.05, 0.1) is 6.07 Å². The third-order valence-electron chi connectivity index (χ3n) is 2.04. The molecule has 0 aromatic heterocycles. The van der Waals surface area contributed by atoms with E-state index in [1.165, 1.54) is 7.05 Å². The molecule has 0 radical (unpaired) electrons. The maximum atomic E-state index is 11.5. The fraction of sp³-hybridized carbons (Fsp3) is 0.300. The maximum absolute atomic E-state index is 11.5. The average molecular weight is 259 g/mol. The number of benzene rings is 1. The van der Waals surface area contributed by atoms with E-state index in [-0.39, 0.29) is 6.54 Å². The van der Waals surface area contributed by atoms with Crippen LogP contribution in [0, 0.1) is 11.3 Å². The van der Waals surface area contributed by atoms with Crippen LogP contribution in [0.5, 0.6) is 0 Å². The first-order valence-corrected chi connectivity index (χ1v) is 6.50. The minimum Gasteiger partial charge on any atom is -0.211 e. The Balaban J connectivity index is 2.76. The molecule has 0 atom stereocenters. The summed E-state index contributed by atoms with van der Waals surface area (Å²) in [6.07, 6.45) is 0. The summed E-state index contributed by atoms with van der Waals surface area (Å²) < 4.78 is 24.1. The van der Waals surface area contributed by atoms with Gasteiger partial charge in [0, 0.05) is 18.6 Å². The molecule has 0 spiro atoms. The van der Waals surface area contributed by atoms with Crippen LogP contribution in [0.4, 0.5) is 0 Å². The van der Waals surface area contributed by atoms with E-state index in [4.69, 9.17) is 16.9 Å². The normalized spacial score (nSPS) is 11.4. The van der Waals surface area contributed by atoms with Crippen molar-refractivity contribution in [2.24, 2.45) is 0 Å². The lowest BCUT2D eigenvalue weighted by atomic mass is 10.2. The zero-order chi connectivity index (χ0) is 12.2. The van der Waals surface area contributed by atoms with E-state index in [1.54, 1.807) is 30.3 Å². The molecule has 6 heteroatoms. The average Bonchev–Trinajstić information content (AvgIpc) is 2.21. The van der Waals surface area contributed by atoms with E-state index in [0.29, 0.717) is 5.02 Å². The molecule has 0 saturated carbocycles. The van der Waals surface area contributed by atoms with Gasteiger partial charge in [0.25, 0.3) is 0 Å². The van der Waals surface area contributed by atoms with Crippen LogP contribution in [-0.4, -0.2) is 25.5 Å². The second-order valence-electron chi connectivity index (χ2n) is 3.30. The largest absolute Gasteiger partial charge is 0.227 e. The standard InChI is InChI=1S/C10H11ClN2O2S/c1-13(16(14,15)7-6-12)8-9-2-4-10(11)5-3-9/h2-5H,7-8H2,1H3. The highest BCUT2D eigenvalue weighted by molar-refractivity contribution is 7.89. The summed E-state index contributed by atoms with van der Waals surface area (Å²) in [6, 6.07) is 8.53. The van der Waals surface area contributed by atoms with Crippen LogP contribution in [-0.2, 0) is 16.6 Å². The highest BCUT2D eigenvalue weighted by Gasteiger charge is 2.17. The van der Waals surface area contributed by atoms with Crippen molar-refractivity contribution in [1.82, 2.24) is 4.31 Å². The fourth-order valence-electron chi connectivity index (χ4n) is 1.14. The number of nitriles is 1. The van der Waals surface area contributed by atoms with Crippen LogP contribution < -0.4 is 0 Å². The van der Waals surface area contributed by atoms with Gasteiger partial charge in [-0.3, -0.25) is 0 Å². The molecule has 0 aliphatic rings. The number of hydrogen-bond donors (Lipinski definition) is 0. The molecular weight excluding hydrogens is 248 g/mol. The predicted molar refractivity (Wildman–Crippen MR) is 62.3 cm³/mol. The molecule has 1 rings (SSSR count). The molecule has 0 bridgehead atoms. The van der Waals surface area contributed by atoms with Crippen molar-refractivity contribution in [1.29, 1.82) is 5.26 Å². The van der Waals surface area contributed by atoms with Gasteiger partial charge in [-0.05, 0) is 17.7 Å². The Kier molecular flexibility index (Phi) is 4.30. The van der Waals surface area contributed by atoms with E-state index >= 15 is 0 Å². The van der Waals surface area contributed by atoms with Crippen LogP contribution in [0.2, 0.25) is 5.02 Å². The SMILES string of the molecule is CN(Cc1ccc(Cl)cc1)S(=O)(=O)CC#N. The van der Waals surface area contributed by atoms with Crippen molar-refractivity contribution in [3.05, 3.63) is 34.9 Å². The quantitative estimate of drug-likeness (QED) is 0.825. The van der Waals surface area contributed by atoms with Crippen molar-refractivity contribution in [2.75, 3.05) is 12.8 Å². The Labute approximate surface area is 100 Å². The number of hydrogen-bond acceptors (Lipinski definition) is 3. The highest BCUT2D eigenvalue weighted by atomic mass is 35.5. The summed E-state index contributed by atoms with van der Waals surface area (Å²) in [6.45, 7) is 0.237. The Morgan fingerprint density at radius 1 is 1.38 bits per heavy atom. The van der Waals surface area contributed by atoms with Crippen LogP contribution >= 0.6 is 11.6 Å². The molecule has 0 fully saturated rings. The van der Waals surface area contributed by atoms with Crippen LogP contribution in [0.1, 0.15) is 5.56 Å². The molecule has 1 aromatic rings. The molecule has 1 aromatic carbocycles. The van der Waals surface area contributed by atoms with E-state index in [2.05, 4.69) is 0 Å². The molecule has 0 heterocycles. The van der Waals surface area contributed by atoms with Crippen LogP contribution in [0.25, 0.3) is 0 Å². The Morgan fingerprint density at radius 2 is 1.94 bits per heavy atom. The molecular formula is C10H11ClN2O2S. The third-order valence-corrected chi connectivity index (χ3v) is 3.87. The van der Waals surface area contributed by atoms with Crippen molar-refractivity contribution < 1.29 is 8.42 Å². The summed E-state index contributed by atoms with van der Waals surface area (Å²) in [5, 5.41) is 8.98. The summed E-state index contributed by atoms with van der Waals surface area (Å²) >= 11 is 5.71. The first-order chi connectivity index (χ1) is 7.45. The van der Waals surface area contributed by atoms with Crippen molar-refractivity contribution >= 4 is 21.6 Å². The predicted octanol–water partition coefficient (Wildman–Crippen LogP) is 1.63. The van der Waals surface area contributed by atoms with Gasteiger partial charge in [-0.15, -0.1) is 0 Å². The van der Waals surface area contributed by atoms with Crippen molar-refractivity contribution in [3.63, 3.8) is 0 Å². The van der Waals surface area contributed by atoms with Gasteiger partial charge in [0.15, 0.2) is 5.75 Å². The number of nitrogens with zero attached hydrogens (tertiary/aromatic N) is 2. The summed E-state index contributed by atoms with van der Waals surface area (Å²) in [4.78, 5) is 0. The van der Waals surface area contributed by atoms with E-state index in [1.807, 2.05) is 0 Å². The molecule has 0 saturated heterocycles. The topological polar surface area (TPSA) is 61.2 Å². The fourth-order valence-corrected chi connectivity index (χ4v) is 1.99. The zero-order valence-electron chi connectivity index (χ0n) is 8.72. The molecule has 0 N–H and O–H groups in total. The number of halogens is 1. The van der Waals surface area contributed by atoms with Crippen LogP contribution in [0.3, 0.4) is 0 Å². The Morgan fingerprint density at radius 3 is 2.44 bits per heavy atom. The smallest absolute Gasteiger partial charge is 0.211 e. The van der Waals surface area contributed by atoms with Gasteiger partial charge in [0.1, 0.15) is 0 Å². The van der Waals surface area contributed by atoms with Gasteiger partial charge < -0.3 is 0 Å². The maximum Gasteiger partial charge on any atom is 0.227 e. The first kappa shape index (κ1) is 13.0. The van der Waals surface area contributed by atoms with Gasteiger partial charge in [-0.1, -0.05) is 23.7 Å². The van der Waals surface area contributed by atoms with Gasteiger partial charge in [-0.25, -0.2) is 8.42 Å². The molecule has 16 heavy (non-hydrogen) atoms. The molecule has 0 aliphatic heterocycles. The summed E-state index contributed by atoms with van der Waals surface area (Å²) in [5.74, 6) is -0.503. The Bertz CT molecular complexity index is 491. The second kappa shape index (κ2) is 5.30. The lowest BCUT2D eigenvalue weighted by Crippen LogP contribution is -2.28. The minimum absolute atomic E-state index is 0.237. The number of rotatable bonds is 4. The summed E-state index contributed by atoms with van der Waals surface area (Å²) in [5.41, 5.74) is 0.827. The molecule has 0 aliphatic carbocycles. The molecule has 0 unspecified atom stereocenters. The lowest BCUT2D eigenvalue weighted by molar-refractivity contribution is 0.469. The monoisotopic (exact) mass is 258 g/mol. The Hall–Kier alpha value is -1.09. The lowest BCUT2D eigenvalue weighted by Gasteiger charge is -2.15. The first-order valence-electron chi connectivity index (χ1n) is 4.51. The molecule has 0 amide bonds. The minimum atomic E-state index is -3.48. The van der Waals surface area contributed by atoms with Crippen molar-refractivity contribution in [3.8, 4) is 6.07 Å². The zero-order valence-corrected chi connectivity index (χ0v) is 10.3. The van der Waals surface area contributed by atoms with E-state index in [0.717, 1.165) is 9.87 Å². The van der Waals surface area contributed by atoms with Crippen LogP contribution in [0.15, 0.2) is 24.3 Å². The van der Waals surface area contributed by atoms with E-state index in [9.17, 15) is 8.42 Å². The van der Waals surface area contributed by atoms with Crippen molar-refractivity contribution in [2.45, 2.75) is 6.54 Å². The van der Waals surface area contributed by atoms with E-state index < -0.39 is 15.8 Å². The molecule has 86 valence electrons. The highest BCUT2D eigenvalue weighted by Crippen LogP contribution is 2.12. The third kappa shape index (κ3) is 3.49. The van der Waals surface area contributed by atoms with Gasteiger partial charge in [-0.2, -0.15) is 9.57 Å². The molecule has 4 nitrogen and oxygen atoms in total. The summed E-state index contributed by atoms with van der Waals surface area (Å²) in [7, 11) is -2.03. The van der Waals surface area contributed by atoms with Gasteiger partial charge >= 0.3 is 0 Å². The second-order valence-corrected chi connectivity index (χ2v) is 5.81. The van der Waals surface area contributed by atoms with Gasteiger partial charge in [0.2, 0.25) is 10.0 Å². The number of sulfonamides is 1.